The third kappa shape index (κ3) is 4.82. The minimum absolute atomic E-state index is 0.819. The highest BCUT2D eigenvalue weighted by atomic mass is 19.4. The van der Waals surface area contributed by atoms with Gasteiger partial charge < -0.3 is 9.84 Å². The maximum absolute atomic E-state index is 13.4. The molecule has 0 saturated carbocycles. The molecular formula is C13H9F15O3. The van der Waals surface area contributed by atoms with Crippen molar-refractivity contribution in [3.05, 3.63) is 12.2 Å². The van der Waals surface area contributed by atoms with Crippen LogP contribution in [0.5, 0.6) is 0 Å². The van der Waals surface area contributed by atoms with Gasteiger partial charge in [0.25, 0.3) is 0 Å². The van der Waals surface area contributed by atoms with Crippen LogP contribution in [-0.2, 0) is 9.53 Å². The van der Waals surface area contributed by atoms with Crippen molar-refractivity contribution >= 4 is 5.97 Å². The summed E-state index contributed by atoms with van der Waals surface area (Å²) in [5.74, 6) is -33.5. The minimum atomic E-state index is -8.52. The Hall–Kier alpha value is -1.88. The van der Waals surface area contributed by atoms with Crippen LogP contribution in [0.25, 0.3) is 0 Å². The summed E-state index contributed by atoms with van der Waals surface area (Å²) in [7, 11) is 0. The molecule has 184 valence electrons. The van der Waals surface area contributed by atoms with Crippen molar-refractivity contribution in [1.29, 1.82) is 0 Å². The Morgan fingerprint density at radius 3 is 1.48 bits per heavy atom. The molecule has 0 aromatic carbocycles. The average molecular weight is 498 g/mol. The van der Waals surface area contributed by atoms with Crippen molar-refractivity contribution < 1.29 is 80.5 Å². The van der Waals surface area contributed by atoms with E-state index in [2.05, 4.69) is 4.74 Å². The number of hydrogen-bond donors (Lipinski definition) is 1. The van der Waals surface area contributed by atoms with Gasteiger partial charge in [0, 0.05) is 6.08 Å². The normalized spacial score (nSPS) is 16.5. The fourth-order valence-corrected chi connectivity index (χ4v) is 1.67. The van der Waals surface area contributed by atoms with E-state index in [-0.39, 0.29) is 0 Å². The van der Waals surface area contributed by atoms with E-state index in [4.69, 9.17) is 5.11 Å². The molecule has 31 heavy (non-hydrogen) atoms. The smallest absolute Gasteiger partial charge is 0.438 e. The third-order valence-electron chi connectivity index (χ3n) is 3.32. The zero-order valence-corrected chi connectivity index (χ0v) is 14.4. The van der Waals surface area contributed by atoms with Crippen molar-refractivity contribution in [2.24, 2.45) is 0 Å². The molecule has 1 atom stereocenters. The lowest BCUT2D eigenvalue weighted by molar-refractivity contribution is -0.454. The molecule has 1 N–H and O–H groups in total. The van der Waals surface area contributed by atoms with E-state index in [0.29, 0.717) is 0 Å². The predicted molar refractivity (Wildman–Crippen MR) is 67.5 cm³/mol. The monoisotopic (exact) mass is 498 g/mol. The molecule has 3 nitrogen and oxygen atoms in total. The summed E-state index contributed by atoms with van der Waals surface area (Å²) in [6.45, 7) is -0.0478. The molecule has 0 fully saturated rings. The second-order valence-electron chi connectivity index (χ2n) is 5.81. The van der Waals surface area contributed by atoms with Crippen molar-refractivity contribution in [3.8, 4) is 0 Å². The number of ether oxygens (including phenoxy) is 1. The van der Waals surface area contributed by atoms with Gasteiger partial charge in [-0.1, -0.05) is 0 Å². The number of carbonyl (C=O) groups excluding carboxylic acids is 1. The molecule has 0 spiro atoms. The minimum Gasteiger partial charge on any atom is -0.460 e. The van der Waals surface area contributed by atoms with Crippen LogP contribution in [0.2, 0.25) is 0 Å². The van der Waals surface area contributed by atoms with Crippen LogP contribution in [0.1, 0.15) is 6.92 Å². The highest BCUT2D eigenvalue weighted by Gasteiger charge is 2.95. The van der Waals surface area contributed by atoms with Crippen LogP contribution in [0.3, 0.4) is 0 Å². The van der Waals surface area contributed by atoms with Gasteiger partial charge in [0.1, 0.15) is 6.61 Å². The standard InChI is InChI=1S/C13H9F15O3/c1-5(29)4-31-6(30)2-3-7(14,15)9(17,18)11(21,22)10(19,20)8(16,12(23,24)25)13(26,27)28/h2-3,5,29H,4H2,1H3. The maximum atomic E-state index is 13.4. The molecule has 18 heteroatoms. The van der Waals surface area contributed by atoms with Gasteiger partial charge in [-0.05, 0) is 13.0 Å². The molecule has 0 bridgehead atoms. The molecule has 0 saturated heterocycles. The Balaban J connectivity index is 6.40. The molecule has 0 amide bonds. The molecular weight excluding hydrogens is 489 g/mol. The van der Waals surface area contributed by atoms with Gasteiger partial charge in [0.2, 0.25) is 0 Å². The molecule has 0 rings (SSSR count). The van der Waals surface area contributed by atoms with E-state index < -0.39 is 72.5 Å². The number of halogens is 15. The first-order valence-corrected chi connectivity index (χ1v) is 7.19. The summed E-state index contributed by atoms with van der Waals surface area (Å²) in [5, 5.41) is 8.69. The molecule has 0 aliphatic rings. The highest BCUT2D eigenvalue weighted by Crippen LogP contribution is 2.63. The summed E-state index contributed by atoms with van der Waals surface area (Å²) < 4.78 is 198. The number of aliphatic hydroxyl groups excluding tert-OH is 1. The second-order valence-corrected chi connectivity index (χ2v) is 5.81. The molecule has 0 aromatic heterocycles. The van der Waals surface area contributed by atoms with E-state index in [9.17, 15) is 70.7 Å². The zero-order valence-electron chi connectivity index (χ0n) is 14.4. The van der Waals surface area contributed by atoms with Crippen LogP contribution in [-0.4, -0.2) is 65.5 Å². The number of esters is 1. The molecule has 0 aliphatic carbocycles. The Bertz CT molecular complexity index is 661. The zero-order chi connectivity index (χ0) is 25.5. The summed E-state index contributed by atoms with van der Waals surface area (Å²) in [6, 6.07) is 0. The Morgan fingerprint density at radius 1 is 0.774 bits per heavy atom. The van der Waals surface area contributed by atoms with Gasteiger partial charge in [-0.25, -0.2) is 9.18 Å². The first-order chi connectivity index (χ1) is 13.3. The highest BCUT2D eigenvalue weighted by molar-refractivity contribution is 5.82. The number of carbonyl (C=O) groups is 1. The number of rotatable bonds is 8. The van der Waals surface area contributed by atoms with E-state index in [1.54, 1.807) is 0 Å². The molecule has 0 aromatic rings. The van der Waals surface area contributed by atoms with Gasteiger partial charge in [-0.15, -0.1) is 0 Å². The fourth-order valence-electron chi connectivity index (χ4n) is 1.67. The summed E-state index contributed by atoms with van der Waals surface area (Å²) in [4.78, 5) is 10.9. The molecule has 0 aliphatic heterocycles. The first-order valence-electron chi connectivity index (χ1n) is 7.19. The maximum Gasteiger partial charge on any atom is 0.438 e. The van der Waals surface area contributed by atoms with Crippen molar-refractivity contribution in [3.63, 3.8) is 0 Å². The van der Waals surface area contributed by atoms with Gasteiger partial charge in [-0.2, -0.15) is 61.5 Å². The SMILES string of the molecule is CC(O)COC(=O)C=CC(F)(F)C(F)(F)C(F)(F)C(F)(F)C(F)(C(F)(F)F)C(F)(F)F. The quantitative estimate of drug-likeness (QED) is 0.296. The topological polar surface area (TPSA) is 46.5 Å². The number of hydrogen-bond acceptors (Lipinski definition) is 3. The van der Waals surface area contributed by atoms with Crippen molar-refractivity contribution in [2.75, 3.05) is 6.61 Å². The largest absolute Gasteiger partial charge is 0.460 e. The van der Waals surface area contributed by atoms with E-state index in [1.807, 2.05) is 0 Å². The molecule has 0 heterocycles. The van der Waals surface area contributed by atoms with E-state index >= 15 is 0 Å². The van der Waals surface area contributed by atoms with Gasteiger partial charge in [-0.3, -0.25) is 0 Å². The summed E-state index contributed by atoms with van der Waals surface area (Å²) in [6.07, 6.45) is -19.9. The van der Waals surface area contributed by atoms with Crippen LogP contribution in [0.15, 0.2) is 12.2 Å². The van der Waals surface area contributed by atoms with Crippen LogP contribution in [0, 0.1) is 0 Å². The van der Waals surface area contributed by atoms with Crippen molar-refractivity contribution in [2.45, 2.75) is 54.7 Å². The lowest BCUT2D eigenvalue weighted by Gasteiger charge is -2.42. The fraction of sp³-hybridized carbons (Fsp3) is 0.769. The number of alkyl halides is 15. The number of aliphatic hydroxyl groups is 1. The number of allylic oxidation sites excluding steroid dienone is 1. The summed E-state index contributed by atoms with van der Waals surface area (Å²) in [5.41, 5.74) is -8.38. The Kier molecular flexibility index (Phi) is 7.73. The summed E-state index contributed by atoms with van der Waals surface area (Å²) >= 11 is 0. The predicted octanol–water partition coefficient (Wildman–Crippen LogP) is 4.84. The van der Waals surface area contributed by atoms with Crippen LogP contribution >= 0.6 is 0 Å². The van der Waals surface area contributed by atoms with Gasteiger partial charge in [0.15, 0.2) is 0 Å². The molecule has 1 unspecified atom stereocenters. The Labute approximate surface area is 161 Å². The third-order valence-corrected chi connectivity index (χ3v) is 3.32. The van der Waals surface area contributed by atoms with Crippen molar-refractivity contribution in [1.82, 2.24) is 0 Å². The Morgan fingerprint density at radius 2 is 1.16 bits per heavy atom. The van der Waals surface area contributed by atoms with E-state index in [0.717, 1.165) is 6.92 Å². The van der Waals surface area contributed by atoms with E-state index in [1.165, 1.54) is 0 Å². The lowest BCUT2D eigenvalue weighted by atomic mass is 9.85. The average Bonchev–Trinajstić information content (AvgIpc) is 2.54. The first kappa shape index (κ1) is 29.1. The lowest BCUT2D eigenvalue weighted by Crippen LogP contribution is -2.75. The van der Waals surface area contributed by atoms with Gasteiger partial charge in [0.05, 0.1) is 6.10 Å². The van der Waals surface area contributed by atoms with Crippen LogP contribution < -0.4 is 0 Å². The second kappa shape index (κ2) is 8.23. The van der Waals surface area contributed by atoms with Crippen LogP contribution in [0.4, 0.5) is 65.9 Å². The van der Waals surface area contributed by atoms with Gasteiger partial charge >= 0.3 is 47.7 Å². The molecule has 0 radical (unpaired) electrons.